The van der Waals surface area contributed by atoms with E-state index in [-0.39, 0.29) is 0 Å². The van der Waals surface area contributed by atoms with Crippen LogP contribution < -0.4 is 0 Å². The van der Waals surface area contributed by atoms with Crippen LogP contribution in [0.3, 0.4) is 0 Å². The standard InChI is InChI=1S/C16H16N2O/c1-18(12-14-7-3-2-4-8-14)17-11-15-9-5-6-10-16(15)13-19/h2-11,13H,12H2,1H3. The fourth-order valence-electron chi connectivity index (χ4n) is 1.79. The highest BCUT2D eigenvalue weighted by Gasteiger charge is 1.98. The van der Waals surface area contributed by atoms with Gasteiger partial charge in [0.1, 0.15) is 0 Å². The van der Waals surface area contributed by atoms with E-state index < -0.39 is 0 Å². The zero-order valence-corrected chi connectivity index (χ0v) is 10.9. The van der Waals surface area contributed by atoms with Crippen molar-refractivity contribution in [1.29, 1.82) is 0 Å². The Kier molecular flexibility index (Phi) is 4.45. The molecule has 3 heteroatoms. The maximum atomic E-state index is 10.9. The molecule has 0 spiro atoms. The molecular formula is C16H16N2O. The Hall–Kier alpha value is -2.42. The van der Waals surface area contributed by atoms with Gasteiger partial charge in [0.25, 0.3) is 0 Å². The Morgan fingerprint density at radius 3 is 2.32 bits per heavy atom. The molecule has 0 radical (unpaired) electrons. The van der Waals surface area contributed by atoms with E-state index in [1.807, 2.05) is 48.5 Å². The molecule has 0 unspecified atom stereocenters. The van der Waals surface area contributed by atoms with Gasteiger partial charge < -0.3 is 0 Å². The van der Waals surface area contributed by atoms with Crippen LogP contribution in [-0.4, -0.2) is 24.6 Å². The molecule has 0 saturated heterocycles. The molecule has 0 saturated carbocycles. The number of nitrogens with zero attached hydrogens (tertiary/aromatic N) is 2. The van der Waals surface area contributed by atoms with Gasteiger partial charge in [-0.3, -0.25) is 9.80 Å². The molecule has 19 heavy (non-hydrogen) atoms. The molecule has 0 bridgehead atoms. The van der Waals surface area contributed by atoms with Crippen molar-refractivity contribution in [3.05, 3.63) is 71.3 Å². The number of hydrogen-bond donors (Lipinski definition) is 0. The first kappa shape index (κ1) is 13.0. The van der Waals surface area contributed by atoms with Gasteiger partial charge in [0, 0.05) is 18.2 Å². The van der Waals surface area contributed by atoms with E-state index in [4.69, 9.17) is 0 Å². The molecule has 0 aromatic heterocycles. The van der Waals surface area contributed by atoms with Crippen LogP contribution in [0.1, 0.15) is 21.5 Å². The Bertz CT molecular complexity index is 564. The molecule has 2 rings (SSSR count). The van der Waals surface area contributed by atoms with Gasteiger partial charge in [0.2, 0.25) is 0 Å². The quantitative estimate of drug-likeness (QED) is 0.465. The minimum Gasteiger partial charge on any atom is -0.298 e. The number of hydrogen-bond acceptors (Lipinski definition) is 3. The van der Waals surface area contributed by atoms with Gasteiger partial charge in [-0.1, -0.05) is 54.6 Å². The van der Waals surface area contributed by atoms with Gasteiger partial charge >= 0.3 is 0 Å². The van der Waals surface area contributed by atoms with Crippen LogP contribution in [0.15, 0.2) is 59.7 Å². The molecule has 0 atom stereocenters. The first-order chi connectivity index (χ1) is 9.29. The van der Waals surface area contributed by atoms with Crippen LogP contribution in [0.5, 0.6) is 0 Å². The van der Waals surface area contributed by atoms with E-state index in [0.29, 0.717) is 5.56 Å². The minimum atomic E-state index is 0.652. The third-order valence-corrected chi connectivity index (χ3v) is 2.77. The van der Waals surface area contributed by atoms with Crippen LogP contribution in [0.2, 0.25) is 0 Å². The zero-order valence-electron chi connectivity index (χ0n) is 10.9. The number of carbonyl (C=O) groups is 1. The maximum Gasteiger partial charge on any atom is 0.150 e. The second-order valence-electron chi connectivity index (χ2n) is 4.29. The molecule has 0 aliphatic rings. The average Bonchev–Trinajstić information content (AvgIpc) is 2.46. The average molecular weight is 252 g/mol. The van der Waals surface area contributed by atoms with Crippen molar-refractivity contribution < 1.29 is 4.79 Å². The molecule has 0 N–H and O–H groups in total. The van der Waals surface area contributed by atoms with Gasteiger partial charge in [-0.2, -0.15) is 5.10 Å². The summed E-state index contributed by atoms with van der Waals surface area (Å²) < 4.78 is 0. The lowest BCUT2D eigenvalue weighted by molar-refractivity contribution is 0.112. The summed E-state index contributed by atoms with van der Waals surface area (Å²) in [5.41, 5.74) is 2.68. The van der Waals surface area contributed by atoms with Crippen LogP contribution in [-0.2, 0) is 6.54 Å². The fourth-order valence-corrected chi connectivity index (χ4v) is 1.79. The lowest BCUT2D eigenvalue weighted by atomic mass is 10.1. The summed E-state index contributed by atoms with van der Waals surface area (Å²) in [6.07, 6.45) is 2.56. The molecule has 96 valence electrons. The summed E-state index contributed by atoms with van der Waals surface area (Å²) in [5, 5.41) is 6.19. The first-order valence-electron chi connectivity index (χ1n) is 6.13. The summed E-state index contributed by atoms with van der Waals surface area (Å²) in [7, 11) is 1.91. The topological polar surface area (TPSA) is 32.7 Å². The number of carbonyl (C=O) groups excluding carboxylic acids is 1. The van der Waals surface area contributed by atoms with Gasteiger partial charge in [0.15, 0.2) is 6.29 Å². The largest absolute Gasteiger partial charge is 0.298 e. The molecule has 0 aliphatic heterocycles. The number of benzene rings is 2. The highest BCUT2D eigenvalue weighted by atomic mass is 16.1. The van der Waals surface area contributed by atoms with E-state index in [9.17, 15) is 4.79 Å². The number of aldehydes is 1. The van der Waals surface area contributed by atoms with Gasteiger partial charge in [-0.15, -0.1) is 0 Å². The Balaban J connectivity index is 2.04. The summed E-state index contributed by atoms with van der Waals surface area (Å²) in [4.78, 5) is 10.9. The molecule has 0 fully saturated rings. The van der Waals surface area contributed by atoms with Crippen LogP contribution in [0.25, 0.3) is 0 Å². The van der Waals surface area contributed by atoms with E-state index in [1.165, 1.54) is 5.56 Å². The highest BCUT2D eigenvalue weighted by Crippen LogP contribution is 2.05. The molecule has 0 amide bonds. The molecule has 2 aromatic rings. The Morgan fingerprint density at radius 1 is 1.00 bits per heavy atom. The number of rotatable bonds is 5. The van der Waals surface area contributed by atoms with Crippen molar-refractivity contribution in [2.45, 2.75) is 6.54 Å². The van der Waals surface area contributed by atoms with Crippen molar-refractivity contribution in [3.63, 3.8) is 0 Å². The predicted octanol–water partition coefficient (Wildman–Crippen LogP) is 2.97. The lowest BCUT2D eigenvalue weighted by Crippen LogP contribution is -2.10. The highest BCUT2D eigenvalue weighted by molar-refractivity contribution is 5.92. The summed E-state index contributed by atoms with van der Waals surface area (Å²) >= 11 is 0. The van der Waals surface area contributed by atoms with E-state index in [2.05, 4.69) is 17.2 Å². The third kappa shape index (κ3) is 3.78. The van der Waals surface area contributed by atoms with Crippen LogP contribution in [0, 0.1) is 0 Å². The lowest BCUT2D eigenvalue weighted by Gasteiger charge is -2.12. The van der Waals surface area contributed by atoms with Crippen molar-refractivity contribution in [3.8, 4) is 0 Å². The SMILES string of the molecule is CN(Cc1ccccc1)N=Cc1ccccc1C=O. The van der Waals surface area contributed by atoms with E-state index in [0.717, 1.165) is 18.4 Å². The Morgan fingerprint density at radius 2 is 1.63 bits per heavy atom. The molecule has 3 nitrogen and oxygen atoms in total. The maximum absolute atomic E-state index is 10.9. The van der Waals surface area contributed by atoms with Crippen molar-refractivity contribution in [1.82, 2.24) is 5.01 Å². The van der Waals surface area contributed by atoms with Gasteiger partial charge in [-0.25, -0.2) is 0 Å². The summed E-state index contributed by atoms with van der Waals surface area (Å²) in [5.74, 6) is 0. The van der Waals surface area contributed by atoms with Crippen LogP contribution in [0.4, 0.5) is 0 Å². The van der Waals surface area contributed by atoms with Crippen molar-refractivity contribution in [2.75, 3.05) is 7.05 Å². The molecule has 0 aliphatic carbocycles. The molecular weight excluding hydrogens is 236 g/mol. The van der Waals surface area contributed by atoms with Gasteiger partial charge in [0.05, 0.1) is 12.8 Å². The first-order valence-corrected chi connectivity index (χ1v) is 6.13. The summed E-state index contributed by atoms with van der Waals surface area (Å²) in [6, 6.07) is 17.5. The van der Waals surface area contributed by atoms with E-state index >= 15 is 0 Å². The second-order valence-corrected chi connectivity index (χ2v) is 4.29. The minimum absolute atomic E-state index is 0.652. The van der Waals surface area contributed by atoms with E-state index in [1.54, 1.807) is 12.3 Å². The van der Waals surface area contributed by atoms with Crippen molar-refractivity contribution >= 4 is 12.5 Å². The third-order valence-electron chi connectivity index (χ3n) is 2.77. The second kappa shape index (κ2) is 6.50. The van der Waals surface area contributed by atoms with Crippen molar-refractivity contribution in [2.24, 2.45) is 5.10 Å². The van der Waals surface area contributed by atoms with Crippen LogP contribution >= 0.6 is 0 Å². The fraction of sp³-hybridized carbons (Fsp3) is 0.125. The molecule has 0 heterocycles. The predicted molar refractivity (Wildman–Crippen MR) is 77.3 cm³/mol. The summed E-state index contributed by atoms with van der Waals surface area (Å²) in [6.45, 7) is 0.737. The monoisotopic (exact) mass is 252 g/mol. The van der Waals surface area contributed by atoms with Gasteiger partial charge in [-0.05, 0) is 5.56 Å². The Labute approximate surface area is 113 Å². The molecule has 2 aromatic carbocycles. The zero-order chi connectivity index (χ0) is 13.5. The number of hydrazone groups is 1. The normalized spacial score (nSPS) is 10.6. The smallest absolute Gasteiger partial charge is 0.150 e.